The van der Waals surface area contributed by atoms with Crippen molar-refractivity contribution in [2.75, 3.05) is 0 Å². The van der Waals surface area contributed by atoms with Crippen LogP contribution in [0.15, 0.2) is 24.3 Å². The third kappa shape index (κ3) is 5.13. The molecule has 0 aliphatic carbocycles. The highest BCUT2D eigenvalue weighted by molar-refractivity contribution is 7.46. The summed E-state index contributed by atoms with van der Waals surface area (Å²) in [5.74, 6) is 0.175. The lowest BCUT2D eigenvalue weighted by Crippen LogP contribution is -2.09. The summed E-state index contributed by atoms with van der Waals surface area (Å²) in [5.41, 5.74) is 0.793. The molecular formula is C11H17O5P. The molecule has 0 heterocycles. The summed E-state index contributed by atoms with van der Waals surface area (Å²) in [6.07, 6.45) is 0.313. The molecule has 0 saturated heterocycles. The fourth-order valence-electron chi connectivity index (χ4n) is 1.21. The van der Waals surface area contributed by atoms with Crippen molar-refractivity contribution in [3.8, 4) is 5.75 Å². The molecule has 0 unspecified atom stereocenters. The first-order valence-electron chi connectivity index (χ1n) is 5.15. The van der Waals surface area contributed by atoms with Gasteiger partial charge < -0.3 is 4.52 Å². The van der Waals surface area contributed by atoms with Crippen molar-refractivity contribution in [2.24, 2.45) is 5.92 Å². The zero-order valence-electron chi connectivity index (χ0n) is 9.66. The molecule has 0 spiro atoms. The molecule has 0 aliphatic rings. The number of benzene rings is 1. The number of rotatable bonds is 5. The van der Waals surface area contributed by atoms with Gasteiger partial charge in [-0.25, -0.2) is 4.57 Å². The van der Waals surface area contributed by atoms with E-state index in [4.69, 9.17) is 9.79 Å². The lowest BCUT2D eigenvalue weighted by atomic mass is 10.0. The van der Waals surface area contributed by atoms with Gasteiger partial charge >= 0.3 is 7.82 Å². The number of phosphoric acid groups is 1. The highest BCUT2D eigenvalue weighted by Gasteiger charge is 2.15. The van der Waals surface area contributed by atoms with Gasteiger partial charge in [0.1, 0.15) is 11.5 Å². The Hall–Kier alpha value is -1.16. The van der Waals surface area contributed by atoms with E-state index in [1.54, 1.807) is 12.1 Å². The van der Waals surface area contributed by atoms with Crippen LogP contribution in [0.1, 0.15) is 20.8 Å². The maximum Gasteiger partial charge on any atom is 0.524 e. The van der Waals surface area contributed by atoms with E-state index in [1.807, 2.05) is 13.8 Å². The average Bonchev–Trinajstić information content (AvgIpc) is 2.18. The topological polar surface area (TPSA) is 83.8 Å². The van der Waals surface area contributed by atoms with Crippen molar-refractivity contribution < 1.29 is 25.1 Å². The molecule has 1 aromatic carbocycles. The molecule has 0 atom stereocenters. The van der Waals surface area contributed by atoms with Gasteiger partial charge in [-0.05, 0) is 17.7 Å². The van der Waals surface area contributed by atoms with Crippen molar-refractivity contribution in [1.29, 1.82) is 0 Å². The number of hydrogen-bond acceptors (Lipinski definition) is 3. The lowest BCUT2D eigenvalue weighted by Gasteiger charge is -2.08. The molecule has 0 fully saturated rings. The molecule has 0 radical (unpaired) electrons. The van der Waals surface area contributed by atoms with E-state index >= 15 is 0 Å². The Balaban J connectivity index is 0.00000289. The second kappa shape index (κ2) is 5.45. The fourth-order valence-corrected chi connectivity index (χ4v) is 1.61. The van der Waals surface area contributed by atoms with Gasteiger partial charge in [0.2, 0.25) is 0 Å². The minimum Gasteiger partial charge on any atom is -0.404 e. The van der Waals surface area contributed by atoms with Gasteiger partial charge in [-0.3, -0.25) is 14.6 Å². The molecule has 1 rings (SSSR count). The molecule has 6 heteroatoms. The van der Waals surface area contributed by atoms with E-state index in [-0.39, 0.29) is 18.9 Å². The number of Topliss-reactive ketones (excluding diaryl/α,β-unsaturated/α-hetero) is 1. The highest BCUT2D eigenvalue weighted by Crippen LogP contribution is 2.37. The van der Waals surface area contributed by atoms with Crippen molar-refractivity contribution in [2.45, 2.75) is 20.3 Å². The molecule has 17 heavy (non-hydrogen) atoms. The second-order valence-electron chi connectivity index (χ2n) is 4.02. The van der Waals surface area contributed by atoms with E-state index in [1.165, 1.54) is 12.1 Å². The Morgan fingerprint density at radius 2 is 1.88 bits per heavy atom. The number of ketones is 1. The minimum absolute atomic E-state index is 0. The summed E-state index contributed by atoms with van der Waals surface area (Å²) in [6, 6.07) is 6.10. The molecule has 0 saturated carbocycles. The zero-order valence-corrected chi connectivity index (χ0v) is 10.6. The SMILES string of the molecule is CC(C)C(=O)Cc1ccc(OP(=O)(O)O)cc1.[HH]. The number of carbonyl (C=O) groups is 1. The molecule has 0 aliphatic heterocycles. The van der Waals surface area contributed by atoms with E-state index in [9.17, 15) is 9.36 Å². The molecule has 5 nitrogen and oxygen atoms in total. The molecule has 0 bridgehead atoms. The number of phosphoric ester groups is 1. The van der Waals surface area contributed by atoms with Crippen LogP contribution in [0, 0.1) is 5.92 Å². The standard InChI is InChI=1S/C11H15O5P.H2/c1-8(2)11(12)7-9-3-5-10(6-4-9)16-17(13,14)15;/h3-6,8H,7H2,1-2H3,(H2,13,14,15);1H. The van der Waals surface area contributed by atoms with E-state index in [2.05, 4.69) is 4.52 Å². The maximum absolute atomic E-state index is 11.5. The number of hydrogen-bond donors (Lipinski definition) is 2. The maximum atomic E-state index is 11.5. The first-order chi connectivity index (χ1) is 7.78. The second-order valence-corrected chi connectivity index (χ2v) is 5.19. The molecule has 2 N–H and O–H groups in total. The Bertz CT molecular complexity index is 437. The molecule has 96 valence electrons. The molecule has 0 amide bonds. The van der Waals surface area contributed by atoms with Gasteiger partial charge in [0.15, 0.2) is 0 Å². The Morgan fingerprint density at radius 3 is 2.29 bits per heavy atom. The Kier molecular flexibility index (Phi) is 4.46. The van der Waals surface area contributed by atoms with Crippen molar-refractivity contribution in [3.05, 3.63) is 29.8 Å². The van der Waals surface area contributed by atoms with Gasteiger partial charge in [-0.1, -0.05) is 26.0 Å². The van der Waals surface area contributed by atoms with Crippen LogP contribution in [-0.4, -0.2) is 15.6 Å². The van der Waals surface area contributed by atoms with Crippen LogP contribution in [0.2, 0.25) is 0 Å². The summed E-state index contributed by atoms with van der Waals surface area (Å²) in [4.78, 5) is 28.7. The van der Waals surface area contributed by atoms with Gasteiger partial charge in [0.05, 0.1) is 0 Å². The monoisotopic (exact) mass is 260 g/mol. The lowest BCUT2D eigenvalue weighted by molar-refractivity contribution is -0.121. The van der Waals surface area contributed by atoms with E-state index in [0.717, 1.165) is 5.56 Å². The van der Waals surface area contributed by atoms with Crippen molar-refractivity contribution in [3.63, 3.8) is 0 Å². The Labute approximate surface area is 101 Å². The van der Waals surface area contributed by atoms with Crippen molar-refractivity contribution >= 4 is 13.6 Å². The molecular weight excluding hydrogens is 243 g/mol. The third-order valence-corrected chi connectivity index (χ3v) is 2.62. The van der Waals surface area contributed by atoms with Crippen LogP contribution >= 0.6 is 7.82 Å². The van der Waals surface area contributed by atoms with Crippen LogP contribution in [0.4, 0.5) is 0 Å². The highest BCUT2D eigenvalue weighted by atomic mass is 31.2. The van der Waals surface area contributed by atoms with Crippen molar-refractivity contribution in [1.82, 2.24) is 0 Å². The van der Waals surface area contributed by atoms with Crippen LogP contribution < -0.4 is 4.52 Å². The van der Waals surface area contributed by atoms with Crippen LogP contribution in [0.3, 0.4) is 0 Å². The smallest absolute Gasteiger partial charge is 0.404 e. The normalized spacial score (nSPS) is 11.6. The summed E-state index contributed by atoms with van der Waals surface area (Å²) in [7, 11) is -4.51. The summed E-state index contributed by atoms with van der Waals surface area (Å²) >= 11 is 0. The fraction of sp³-hybridized carbons (Fsp3) is 0.364. The average molecular weight is 260 g/mol. The summed E-state index contributed by atoms with van der Waals surface area (Å²) in [6.45, 7) is 3.65. The van der Waals surface area contributed by atoms with Gasteiger partial charge in [-0.15, -0.1) is 0 Å². The predicted molar refractivity (Wildman–Crippen MR) is 64.8 cm³/mol. The van der Waals surface area contributed by atoms with Gasteiger partial charge in [0.25, 0.3) is 0 Å². The van der Waals surface area contributed by atoms with E-state index in [0.29, 0.717) is 6.42 Å². The molecule has 1 aromatic rings. The summed E-state index contributed by atoms with van der Waals surface area (Å²) in [5, 5.41) is 0. The van der Waals surface area contributed by atoms with E-state index < -0.39 is 7.82 Å². The Morgan fingerprint density at radius 1 is 1.35 bits per heavy atom. The third-order valence-electron chi connectivity index (χ3n) is 2.17. The largest absolute Gasteiger partial charge is 0.524 e. The quantitative estimate of drug-likeness (QED) is 0.792. The summed E-state index contributed by atoms with van der Waals surface area (Å²) < 4.78 is 15.0. The zero-order chi connectivity index (χ0) is 13.1. The minimum atomic E-state index is -4.51. The van der Waals surface area contributed by atoms with Crippen LogP contribution in [0.25, 0.3) is 0 Å². The molecule has 0 aromatic heterocycles. The van der Waals surface area contributed by atoms with Crippen LogP contribution in [-0.2, 0) is 15.8 Å². The van der Waals surface area contributed by atoms with Gasteiger partial charge in [0, 0.05) is 13.8 Å². The van der Waals surface area contributed by atoms with Crippen LogP contribution in [0.5, 0.6) is 5.75 Å². The first kappa shape index (κ1) is 13.9. The number of carbonyl (C=O) groups excluding carboxylic acids is 1. The van der Waals surface area contributed by atoms with Gasteiger partial charge in [-0.2, -0.15) is 0 Å². The predicted octanol–water partition coefficient (Wildman–Crippen LogP) is 2.17. The first-order valence-corrected chi connectivity index (χ1v) is 6.68.